The number of aldehydes is 1. The van der Waals surface area contributed by atoms with E-state index in [4.69, 9.17) is 0 Å². The van der Waals surface area contributed by atoms with Crippen molar-refractivity contribution in [1.82, 2.24) is 5.32 Å². The van der Waals surface area contributed by atoms with Crippen LogP contribution in [-0.4, -0.2) is 29.4 Å². The van der Waals surface area contributed by atoms with Crippen molar-refractivity contribution < 1.29 is 14.7 Å². The zero-order valence-electron chi connectivity index (χ0n) is 14.5. The molecule has 0 aliphatic carbocycles. The summed E-state index contributed by atoms with van der Waals surface area (Å²) < 4.78 is 0. The summed E-state index contributed by atoms with van der Waals surface area (Å²) in [6.45, 7) is 4.38. The largest absolute Gasteiger partial charge is 0.480 e. The highest BCUT2D eigenvalue weighted by molar-refractivity contribution is 5.73. The van der Waals surface area contributed by atoms with Gasteiger partial charge in [-0.1, -0.05) is 58.8 Å². The van der Waals surface area contributed by atoms with E-state index in [0.29, 0.717) is 25.3 Å². The third-order valence-electron chi connectivity index (χ3n) is 4.11. The molecule has 0 amide bonds. The van der Waals surface area contributed by atoms with Gasteiger partial charge in [-0.05, 0) is 25.7 Å². The van der Waals surface area contributed by atoms with Crippen molar-refractivity contribution >= 4 is 12.3 Å². The Morgan fingerprint density at radius 2 is 1.55 bits per heavy atom. The summed E-state index contributed by atoms with van der Waals surface area (Å²) in [5.74, 6) is -0.792. The van der Waals surface area contributed by atoms with Crippen LogP contribution < -0.4 is 5.32 Å². The van der Waals surface area contributed by atoms with Gasteiger partial charge in [-0.25, -0.2) is 0 Å². The van der Waals surface area contributed by atoms with Gasteiger partial charge in [0.25, 0.3) is 0 Å². The van der Waals surface area contributed by atoms with Gasteiger partial charge in [0.15, 0.2) is 0 Å². The topological polar surface area (TPSA) is 66.4 Å². The number of carbonyl (C=O) groups is 2. The first-order valence-electron chi connectivity index (χ1n) is 9.08. The van der Waals surface area contributed by atoms with E-state index in [1.807, 2.05) is 0 Å². The molecule has 4 heteroatoms. The summed E-state index contributed by atoms with van der Waals surface area (Å²) in [6.07, 6.45) is 13.0. The highest BCUT2D eigenvalue weighted by Gasteiger charge is 2.20. The quantitative estimate of drug-likeness (QED) is 0.329. The molecule has 4 nitrogen and oxygen atoms in total. The molecule has 0 fully saturated rings. The molecule has 22 heavy (non-hydrogen) atoms. The Hall–Kier alpha value is -0.900. The second-order valence-corrected chi connectivity index (χ2v) is 6.20. The molecule has 130 valence electrons. The average molecular weight is 313 g/mol. The van der Waals surface area contributed by atoms with Crippen molar-refractivity contribution in [3.8, 4) is 0 Å². The smallest absolute Gasteiger partial charge is 0.320 e. The molecule has 0 aliphatic rings. The first kappa shape index (κ1) is 21.1. The molecule has 0 aliphatic heterocycles. The van der Waals surface area contributed by atoms with Crippen molar-refractivity contribution in [3.05, 3.63) is 0 Å². The minimum absolute atomic E-state index is 0.292. The van der Waals surface area contributed by atoms with Crippen LogP contribution in [0, 0.1) is 0 Å². The molecular formula is C18H35NO3. The number of hydrogen-bond donors (Lipinski definition) is 2. The minimum Gasteiger partial charge on any atom is -0.480 e. The van der Waals surface area contributed by atoms with Crippen molar-refractivity contribution in [3.63, 3.8) is 0 Å². The van der Waals surface area contributed by atoms with E-state index in [-0.39, 0.29) is 0 Å². The zero-order chi connectivity index (χ0) is 16.6. The van der Waals surface area contributed by atoms with Gasteiger partial charge in [0.05, 0.1) is 0 Å². The Morgan fingerprint density at radius 1 is 0.955 bits per heavy atom. The van der Waals surface area contributed by atoms with Gasteiger partial charge < -0.3 is 15.2 Å². The van der Waals surface area contributed by atoms with Gasteiger partial charge in [-0.2, -0.15) is 0 Å². The van der Waals surface area contributed by atoms with Crippen LogP contribution in [0.5, 0.6) is 0 Å². The molecule has 2 unspecified atom stereocenters. The van der Waals surface area contributed by atoms with Crippen LogP contribution in [0.15, 0.2) is 0 Å². The molecule has 0 aromatic rings. The van der Waals surface area contributed by atoms with E-state index in [1.165, 1.54) is 32.1 Å². The van der Waals surface area contributed by atoms with Crippen molar-refractivity contribution in [2.24, 2.45) is 0 Å². The Labute approximate surface area is 136 Å². The Kier molecular flexibility index (Phi) is 14.4. The van der Waals surface area contributed by atoms with E-state index in [0.717, 1.165) is 32.0 Å². The van der Waals surface area contributed by atoms with Crippen LogP contribution >= 0.6 is 0 Å². The summed E-state index contributed by atoms with van der Waals surface area (Å²) in [7, 11) is 0. The molecule has 2 atom stereocenters. The zero-order valence-corrected chi connectivity index (χ0v) is 14.5. The van der Waals surface area contributed by atoms with Gasteiger partial charge in [0.2, 0.25) is 0 Å². The monoisotopic (exact) mass is 313 g/mol. The lowest BCUT2D eigenvalue weighted by atomic mass is 9.99. The molecule has 0 spiro atoms. The van der Waals surface area contributed by atoms with Gasteiger partial charge in [0, 0.05) is 12.5 Å². The standard InChI is InChI=1S/C18H35NO3/c1-3-5-7-9-13-16(12-8-6-4-2)19-17(18(21)22)14-10-11-15-20/h15-17,19H,3-14H2,1-2H3,(H,21,22). The van der Waals surface area contributed by atoms with Gasteiger partial charge in [-0.15, -0.1) is 0 Å². The van der Waals surface area contributed by atoms with Crippen LogP contribution in [0.25, 0.3) is 0 Å². The van der Waals surface area contributed by atoms with Gasteiger partial charge in [0.1, 0.15) is 12.3 Å². The van der Waals surface area contributed by atoms with E-state index in [9.17, 15) is 14.7 Å². The van der Waals surface area contributed by atoms with Crippen molar-refractivity contribution in [1.29, 1.82) is 0 Å². The summed E-state index contributed by atoms with van der Waals surface area (Å²) in [4.78, 5) is 21.8. The highest BCUT2D eigenvalue weighted by atomic mass is 16.4. The number of unbranched alkanes of at least 4 members (excludes halogenated alkanes) is 6. The molecule has 0 radical (unpaired) electrons. The Morgan fingerprint density at radius 3 is 2.09 bits per heavy atom. The summed E-state index contributed by atoms with van der Waals surface area (Å²) in [5, 5.41) is 12.7. The lowest BCUT2D eigenvalue weighted by molar-refractivity contribution is -0.140. The molecule has 0 saturated carbocycles. The maximum Gasteiger partial charge on any atom is 0.320 e. The molecular weight excluding hydrogens is 278 g/mol. The predicted molar refractivity (Wildman–Crippen MR) is 91.2 cm³/mol. The van der Waals surface area contributed by atoms with Crippen molar-refractivity contribution in [2.75, 3.05) is 0 Å². The van der Waals surface area contributed by atoms with E-state index in [2.05, 4.69) is 19.2 Å². The number of carboxylic acid groups (broad SMARTS) is 1. The normalized spacial score (nSPS) is 13.7. The lowest BCUT2D eigenvalue weighted by Crippen LogP contribution is -2.43. The van der Waals surface area contributed by atoms with E-state index in [1.54, 1.807) is 0 Å². The average Bonchev–Trinajstić information content (AvgIpc) is 2.50. The van der Waals surface area contributed by atoms with Gasteiger partial charge in [-0.3, -0.25) is 4.79 Å². The number of hydrogen-bond acceptors (Lipinski definition) is 3. The summed E-state index contributed by atoms with van der Waals surface area (Å²) >= 11 is 0. The molecule has 0 aromatic heterocycles. The molecule has 2 N–H and O–H groups in total. The number of aliphatic carboxylic acids is 1. The fraction of sp³-hybridized carbons (Fsp3) is 0.889. The highest BCUT2D eigenvalue weighted by Crippen LogP contribution is 2.14. The SMILES string of the molecule is CCCCCCC(CCCCC)NC(CCCC=O)C(=O)O. The molecule has 0 rings (SSSR count). The van der Waals surface area contributed by atoms with Crippen LogP contribution in [-0.2, 0) is 9.59 Å². The number of carboxylic acids is 1. The molecule has 0 bridgehead atoms. The molecule has 0 aromatic carbocycles. The van der Waals surface area contributed by atoms with Gasteiger partial charge >= 0.3 is 5.97 Å². The number of carbonyl (C=O) groups excluding carboxylic acids is 1. The molecule has 0 heterocycles. The Balaban J connectivity index is 4.32. The summed E-state index contributed by atoms with van der Waals surface area (Å²) in [5.41, 5.74) is 0. The fourth-order valence-corrected chi connectivity index (χ4v) is 2.74. The Bertz CT molecular complexity index is 282. The van der Waals surface area contributed by atoms with Crippen LogP contribution in [0.4, 0.5) is 0 Å². The second kappa shape index (κ2) is 15.0. The summed E-state index contributed by atoms with van der Waals surface area (Å²) in [6, 6.07) is -0.224. The predicted octanol–water partition coefficient (Wildman–Crippen LogP) is 4.32. The first-order valence-corrected chi connectivity index (χ1v) is 9.08. The van der Waals surface area contributed by atoms with E-state index >= 15 is 0 Å². The second-order valence-electron chi connectivity index (χ2n) is 6.20. The minimum atomic E-state index is -0.792. The molecule has 0 saturated heterocycles. The lowest BCUT2D eigenvalue weighted by Gasteiger charge is -2.23. The fourth-order valence-electron chi connectivity index (χ4n) is 2.74. The van der Waals surface area contributed by atoms with Crippen LogP contribution in [0.1, 0.15) is 90.9 Å². The first-order chi connectivity index (χ1) is 10.7. The third-order valence-corrected chi connectivity index (χ3v) is 4.11. The third kappa shape index (κ3) is 11.7. The van der Waals surface area contributed by atoms with Crippen molar-refractivity contribution in [2.45, 2.75) is 103 Å². The number of rotatable bonds is 16. The van der Waals surface area contributed by atoms with E-state index < -0.39 is 12.0 Å². The number of nitrogens with one attached hydrogen (secondary N) is 1. The maximum atomic E-state index is 11.4. The van der Waals surface area contributed by atoms with Crippen LogP contribution in [0.3, 0.4) is 0 Å². The maximum absolute atomic E-state index is 11.4. The van der Waals surface area contributed by atoms with Crippen LogP contribution in [0.2, 0.25) is 0 Å².